The molecule has 0 amide bonds. The molecule has 0 bridgehead atoms. The molecule has 0 atom stereocenters. The first-order valence-corrected chi connectivity index (χ1v) is 2.88. The lowest BCUT2D eigenvalue weighted by Crippen LogP contribution is -2.06. The van der Waals surface area contributed by atoms with Crippen molar-refractivity contribution in [3.63, 3.8) is 0 Å². The smallest absolute Gasteiger partial charge is 0.276 e. The van der Waals surface area contributed by atoms with Crippen LogP contribution in [0.4, 0.5) is 5.13 Å². The van der Waals surface area contributed by atoms with E-state index in [2.05, 4.69) is 22.4 Å². The van der Waals surface area contributed by atoms with Gasteiger partial charge in [0.1, 0.15) is 0 Å². The first kappa shape index (κ1) is 4.73. The fraction of sp³-hybridized carbons (Fsp3) is 0. The number of nitrogens with one attached hydrogen (secondary N) is 2. The molecule has 7 heavy (non-hydrogen) atoms. The topological polar surface area (TPSA) is 55.9 Å². The van der Waals surface area contributed by atoms with Gasteiger partial charge < -0.3 is 0 Å². The number of aromatic nitrogens is 2. The highest BCUT2D eigenvalue weighted by atomic mass is 32.1. The van der Waals surface area contributed by atoms with Crippen LogP contribution in [-0.2, 0) is 0 Å². The number of aromatic amines is 2. The van der Waals surface area contributed by atoms with Gasteiger partial charge in [-0.3, -0.25) is 5.73 Å². The van der Waals surface area contributed by atoms with E-state index in [4.69, 9.17) is 5.73 Å². The minimum Gasteiger partial charge on any atom is -0.276 e. The second-order valence-corrected chi connectivity index (χ2v) is 2.72. The Hall–Kier alpha value is -0.420. The van der Waals surface area contributed by atoms with Gasteiger partial charge in [-0.15, -0.1) is 0 Å². The molecular formula is C2H4N3S2+. The lowest BCUT2D eigenvalue weighted by Gasteiger charge is -1.57. The third-order valence-electron chi connectivity index (χ3n) is 0.490. The van der Waals surface area contributed by atoms with Crippen molar-refractivity contribution in [2.45, 2.75) is 0 Å². The highest BCUT2D eigenvalue weighted by Crippen LogP contribution is 1.99. The number of rotatable bonds is 0. The van der Waals surface area contributed by atoms with Gasteiger partial charge in [0.15, 0.2) is 3.95 Å². The third kappa shape index (κ3) is 0.971. The van der Waals surface area contributed by atoms with E-state index in [1.807, 2.05) is 0 Å². The van der Waals surface area contributed by atoms with Gasteiger partial charge >= 0.3 is 5.13 Å². The van der Waals surface area contributed by atoms with E-state index < -0.39 is 0 Å². The molecule has 1 heterocycles. The van der Waals surface area contributed by atoms with Crippen molar-refractivity contribution in [3.8, 4) is 0 Å². The minimum absolute atomic E-state index is 0.616. The second kappa shape index (κ2) is 1.59. The van der Waals surface area contributed by atoms with E-state index in [1.165, 1.54) is 11.3 Å². The van der Waals surface area contributed by atoms with Crippen molar-refractivity contribution in [1.29, 1.82) is 0 Å². The summed E-state index contributed by atoms with van der Waals surface area (Å²) >= 11 is 6.01. The summed E-state index contributed by atoms with van der Waals surface area (Å²) < 4.78 is 0.678. The standard InChI is InChI=1S/C2H3N3S2/c3-1-4-5-2(6)7-1/h(H2,3,4)(H,5,6)/p+1. The van der Waals surface area contributed by atoms with Crippen LogP contribution in [0.5, 0.6) is 0 Å². The molecule has 38 valence electrons. The summed E-state index contributed by atoms with van der Waals surface area (Å²) in [7, 11) is 0. The fourth-order valence-electron chi connectivity index (χ4n) is 0.264. The average molecular weight is 134 g/mol. The van der Waals surface area contributed by atoms with E-state index in [0.717, 1.165) is 0 Å². The Morgan fingerprint density at radius 1 is 1.86 bits per heavy atom. The van der Waals surface area contributed by atoms with Gasteiger partial charge in [0.05, 0.1) is 0 Å². The monoisotopic (exact) mass is 134 g/mol. The predicted molar refractivity (Wildman–Crippen MR) is 30.5 cm³/mol. The fourth-order valence-corrected chi connectivity index (χ4v) is 0.988. The molecule has 0 saturated heterocycles. The molecule has 4 N–H and O–H groups in total. The number of anilines is 1. The summed E-state index contributed by atoms with van der Waals surface area (Å²) in [5.41, 5.74) is 5.24. The molecule has 0 aromatic carbocycles. The third-order valence-corrected chi connectivity index (χ3v) is 1.45. The maximum atomic E-state index is 5.24. The van der Waals surface area contributed by atoms with Crippen LogP contribution in [0.1, 0.15) is 0 Å². The Bertz CT molecular complexity index is 199. The summed E-state index contributed by atoms with van der Waals surface area (Å²) in [4.78, 5) is 0. The van der Waals surface area contributed by atoms with Crippen molar-refractivity contribution < 1.29 is 5.10 Å². The largest absolute Gasteiger partial charge is 0.350 e. The molecule has 0 aliphatic heterocycles. The molecule has 0 spiro atoms. The van der Waals surface area contributed by atoms with Gasteiger partial charge in [0.25, 0.3) is 0 Å². The van der Waals surface area contributed by atoms with Crippen LogP contribution in [0.25, 0.3) is 0 Å². The minimum atomic E-state index is 0.616. The second-order valence-electron chi connectivity index (χ2n) is 1.00. The van der Waals surface area contributed by atoms with Crippen molar-refractivity contribution in [1.82, 2.24) is 5.10 Å². The van der Waals surface area contributed by atoms with E-state index >= 15 is 0 Å². The number of hydrogen-bond acceptors (Lipinski definition) is 3. The van der Waals surface area contributed by atoms with Gasteiger partial charge in [-0.2, -0.15) is 5.10 Å². The summed E-state index contributed by atoms with van der Waals surface area (Å²) in [5, 5.41) is 5.90. The Morgan fingerprint density at radius 2 is 2.57 bits per heavy atom. The SMILES string of the molecule is Nc1[nH+][nH]c(=S)s1. The van der Waals surface area contributed by atoms with E-state index in [-0.39, 0.29) is 0 Å². The van der Waals surface area contributed by atoms with Crippen LogP contribution >= 0.6 is 23.6 Å². The summed E-state index contributed by atoms with van der Waals surface area (Å²) in [6.45, 7) is 0. The van der Waals surface area contributed by atoms with Gasteiger partial charge in [-0.1, -0.05) is 0 Å². The summed E-state index contributed by atoms with van der Waals surface area (Å²) in [5.74, 6) is 0. The van der Waals surface area contributed by atoms with Gasteiger partial charge in [-0.25, -0.2) is 5.10 Å². The molecule has 3 nitrogen and oxygen atoms in total. The normalized spacial score (nSPS) is 9.14. The average Bonchev–Trinajstić information content (AvgIpc) is 1.87. The molecule has 0 fully saturated rings. The van der Waals surface area contributed by atoms with E-state index in [1.54, 1.807) is 0 Å². The van der Waals surface area contributed by atoms with Gasteiger partial charge in [-0.05, 0) is 23.6 Å². The number of hydrogen-bond donors (Lipinski definition) is 2. The quantitative estimate of drug-likeness (QED) is 0.498. The first-order valence-electron chi connectivity index (χ1n) is 1.65. The molecule has 0 aliphatic rings. The molecule has 0 radical (unpaired) electrons. The number of H-pyrrole nitrogens is 2. The van der Waals surface area contributed by atoms with Crippen molar-refractivity contribution in [2.75, 3.05) is 5.73 Å². The van der Waals surface area contributed by atoms with Crippen LogP contribution < -0.4 is 10.8 Å². The molecule has 1 rings (SSSR count). The van der Waals surface area contributed by atoms with Crippen molar-refractivity contribution >= 4 is 28.7 Å². The lowest BCUT2D eigenvalue weighted by atomic mass is 11.3. The molecule has 1 aromatic heterocycles. The zero-order chi connectivity index (χ0) is 5.28. The zero-order valence-electron chi connectivity index (χ0n) is 3.39. The molecule has 5 heteroatoms. The van der Waals surface area contributed by atoms with Crippen LogP contribution in [0, 0.1) is 3.95 Å². The van der Waals surface area contributed by atoms with Crippen LogP contribution in [0.2, 0.25) is 0 Å². The maximum absolute atomic E-state index is 5.24. The molecule has 1 aromatic rings. The number of nitrogens with two attached hydrogens (primary N) is 1. The highest BCUT2D eigenvalue weighted by Gasteiger charge is 1.90. The lowest BCUT2D eigenvalue weighted by molar-refractivity contribution is -0.432. The zero-order valence-corrected chi connectivity index (χ0v) is 5.03. The maximum Gasteiger partial charge on any atom is 0.350 e. The Labute approximate surface area is 49.2 Å². The molecule has 0 saturated carbocycles. The van der Waals surface area contributed by atoms with E-state index in [0.29, 0.717) is 9.09 Å². The van der Waals surface area contributed by atoms with Gasteiger partial charge in [0, 0.05) is 0 Å². The number of nitrogen functional groups attached to an aromatic ring is 1. The molecule has 0 aliphatic carbocycles. The highest BCUT2D eigenvalue weighted by molar-refractivity contribution is 7.73. The molecular weight excluding hydrogens is 130 g/mol. The van der Waals surface area contributed by atoms with Gasteiger partial charge in [0.2, 0.25) is 0 Å². The van der Waals surface area contributed by atoms with Crippen LogP contribution in [0.3, 0.4) is 0 Å². The summed E-state index contributed by atoms with van der Waals surface area (Å²) in [6.07, 6.45) is 0. The molecule has 0 unspecified atom stereocenters. The van der Waals surface area contributed by atoms with E-state index in [9.17, 15) is 0 Å². The summed E-state index contributed by atoms with van der Waals surface area (Å²) in [6, 6.07) is 0. The predicted octanol–water partition coefficient (Wildman–Crippen LogP) is 0.202. The van der Waals surface area contributed by atoms with Crippen molar-refractivity contribution in [2.24, 2.45) is 0 Å². The first-order chi connectivity index (χ1) is 3.29. The Balaban J connectivity index is 3.30. The van der Waals surface area contributed by atoms with Crippen LogP contribution in [0.15, 0.2) is 0 Å². The Kier molecular flexibility index (Phi) is 1.07. The van der Waals surface area contributed by atoms with Crippen molar-refractivity contribution in [3.05, 3.63) is 3.95 Å². The van der Waals surface area contributed by atoms with Crippen LogP contribution in [-0.4, -0.2) is 5.10 Å². The Morgan fingerprint density at radius 3 is 2.71 bits per heavy atom.